The van der Waals surface area contributed by atoms with Crippen molar-refractivity contribution in [3.63, 3.8) is 0 Å². The molecule has 2 aromatic rings. The number of aryl methyl sites for hydroxylation is 1. The van der Waals surface area contributed by atoms with Crippen molar-refractivity contribution in [3.05, 3.63) is 60.2 Å². The molecule has 2 N–H and O–H groups in total. The summed E-state index contributed by atoms with van der Waals surface area (Å²) in [4.78, 5) is 30.9. The molecule has 136 valence electrons. The summed E-state index contributed by atoms with van der Waals surface area (Å²) in [5.74, 6) is -0.706. The fourth-order valence-electron chi connectivity index (χ4n) is 2.94. The third kappa shape index (κ3) is 4.64. The standard InChI is InChI=1S/C19H21FN4O2/c20-15-4-6-16(7-5-15)23-19(26)17-13-22-10-11-24(17)18(25)8-3-14-2-1-9-21-12-14/h1-2,4-7,9,12,17,22H,3,8,10-11,13H2,(H,23,26)/t17-/m1/s1. The molecule has 1 fully saturated rings. The van der Waals surface area contributed by atoms with Gasteiger partial charge in [0.1, 0.15) is 11.9 Å². The van der Waals surface area contributed by atoms with Crippen molar-refractivity contribution in [2.45, 2.75) is 18.9 Å². The van der Waals surface area contributed by atoms with Crippen LogP contribution in [0.4, 0.5) is 10.1 Å². The first-order chi connectivity index (χ1) is 12.6. The van der Waals surface area contributed by atoms with Crippen LogP contribution in [0.2, 0.25) is 0 Å². The van der Waals surface area contributed by atoms with Crippen molar-refractivity contribution in [1.82, 2.24) is 15.2 Å². The molecule has 1 aliphatic rings. The summed E-state index contributed by atoms with van der Waals surface area (Å²) in [6.45, 7) is 1.53. The van der Waals surface area contributed by atoms with E-state index in [-0.39, 0.29) is 17.6 Å². The highest BCUT2D eigenvalue weighted by molar-refractivity contribution is 5.97. The van der Waals surface area contributed by atoms with E-state index in [0.29, 0.717) is 38.2 Å². The first-order valence-electron chi connectivity index (χ1n) is 8.59. The Kier molecular flexibility index (Phi) is 5.91. The first-order valence-corrected chi connectivity index (χ1v) is 8.59. The van der Waals surface area contributed by atoms with Gasteiger partial charge in [-0.1, -0.05) is 6.07 Å². The Morgan fingerprint density at radius 1 is 1.27 bits per heavy atom. The van der Waals surface area contributed by atoms with Crippen LogP contribution in [0, 0.1) is 5.82 Å². The molecule has 0 aliphatic carbocycles. The van der Waals surface area contributed by atoms with Gasteiger partial charge in [0.25, 0.3) is 0 Å². The number of nitrogens with one attached hydrogen (secondary N) is 2. The van der Waals surface area contributed by atoms with Gasteiger partial charge in [0.2, 0.25) is 11.8 Å². The number of pyridine rings is 1. The Bertz CT molecular complexity index is 752. The summed E-state index contributed by atoms with van der Waals surface area (Å²) in [6.07, 6.45) is 4.34. The van der Waals surface area contributed by atoms with E-state index >= 15 is 0 Å². The minimum absolute atomic E-state index is 0.0605. The molecule has 0 bridgehead atoms. The fourth-order valence-corrected chi connectivity index (χ4v) is 2.94. The van der Waals surface area contributed by atoms with Crippen molar-refractivity contribution in [3.8, 4) is 0 Å². The Morgan fingerprint density at radius 2 is 2.08 bits per heavy atom. The average Bonchev–Trinajstić information content (AvgIpc) is 2.68. The minimum atomic E-state index is -0.588. The largest absolute Gasteiger partial charge is 0.328 e. The van der Waals surface area contributed by atoms with Crippen LogP contribution in [0.25, 0.3) is 0 Å². The summed E-state index contributed by atoms with van der Waals surface area (Å²) in [6, 6.07) is 8.74. The summed E-state index contributed by atoms with van der Waals surface area (Å²) in [5, 5.41) is 5.89. The van der Waals surface area contributed by atoms with Crippen molar-refractivity contribution < 1.29 is 14.0 Å². The van der Waals surface area contributed by atoms with Gasteiger partial charge in [-0.2, -0.15) is 0 Å². The number of piperazine rings is 1. The Hall–Kier alpha value is -2.80. The van der Waals surface area contributed by atoms with Gasteiger partial charge >= 0.3 is 0 Å². The lowest BCUT2D eigenvalue weighted by Gasteiger charge is -2.35. The summed E-state index contributed by atoms with van der Waals surface area (Å²) >= 11 is 0. The Morgan fingerprint density at radius 3 is 2.81 bits per heavy atom. The molecule has 1 atom stereocenters. The molecule has 2 heterocycles. The van der Waals surface area contributed by atoms with E-state index in [2.05, 4.69) is 15.6 Å². The molecule has 26 heavy (non-hydrogen) atoms. The lowest BCUT2D eigenvalue weighted by atomic mass is 10.1. The van der Waals surface area contributed by atoms with Gasteiger partial charge in [-0.15, -0.1) is 0 Å². The molecule has 0 saturated carbocycles. The highest BCUT2D eigenvalue weighted by Gasteiger charge is 2.31. The number of benzene rings is 1. The number of anilines is 1. The lowest BCUT2D eigenvalue weighted by molar-refractivity contribution is -0.139. The molecule has 1 aromatic heterocycles. The molecule has 3 rings (SSSR count). The maximum Gasteiger partial charge on any atom is 0.248 e. The van der Waals surface area contributed by atoms with Crippen molar-refractivity contribution in [1.29, 1.82) is 0 Å². The summed E-state index contributed by atoms with van der Waals surface area (Å²) in [5.41, 5.74) is 1.49. The van der Waals surface area contributed by atoms with E-state index < -0.39 is 6.04 Å². The molecule has 6 nitrogen and oxygen atoms in total. The summed E-state index contributed by atoms with van der Waals surface area (Å²) < 4.78 is 13.0. The maximum absolute atomic E-state index is 13.0. The van der Waals surface area contributed by atoms with Gasteiger partial charge in [-0.05, 0) is 42.3 Å². The lowest BCUT2D eigenvalue weighted by Crippen LogP contribution is -2.58. The average molecular weight is 356 g/mol. The zero-order valence-electron chi connectivity index (χ0n) is 14.3. The monoisotopic (exact) mass is 356 g/mol. The predicted octanol–water partition coefficient (Wildman–Crippen LogP) is 1.59. The molecule has 1 aromatic carbocycles. The number of aromatic nitrogens is 1. The van der Waals surface area contributed by atoms with Crippen LogP contribution in [0.15, 0.2) is 48.8 Å². The van der Waals surface area contributed by atoms with E-state index in [4.69, 9.17) is 0 Å². The second-order valence-corrected chi connectivity index (χ2v) is 6.16. The Balaban J connectivity index is 1.61. The van der Waals surface area contributed by atoms with Crippen LogP contribution in [-0.2, 0) is 16.0 Å². The van der Waals surface area contributed by atoms with E-state index in [9.17, 15) is 14.0 Å². The van der Waals surface area contributed by atoms with E-state index in [1.165, 1.54) is 24.3 Å². The van der Waals surface area contributed by atoms with E-state index in [1.807, 2.05) is 12.1 Å². The molecule has 7 heteroatoms. The quantitative estimate of drug-likeness (QED) is 0.853. The molecule has 1 saturated heterocycles. The second kappa shape index (κ2) is 8.53. The highest BCUT2D eigenvalue weighted by Crippen LogP contribution is 2.13. The molecule has 2 amide bonds. The number of rotatable bonds is 5. The van der Waals surface area contributed by atoms with Gasteiger partial charge in [0.05, 0.1) is 0 Å². The molecular formula is C19H21FN4O2. The van der Waals surface area contributed by atoms with Crippen LogP contribution < -0.4 is 10.6 Å². The predicted molar refractivity (Wildman–Crippen MR) is 96.0 cm³/mol. The van der Waals surface area contributed by atoms with Gasteiger partial charge in [0.15, 0.2) is 0 Å². The van der Waals surface area contributed by atoms with Gasteiger partial charge in [-0.25, -0.2) is 4.39 Å². The maximum atomic E-state index is 13.0. The van der Waals surface area contributed by atoms with Crippen molar-refractivity contribution >= 4 is 17.5 Å². The molecular weight excluding hydrogens is 335 g/mol. The number of nitrogens with zero attached hydrogens (tertiary/aromatic N) is 2. The number of amides is 2. The van der Waals surface area contributed by atoms with Crippen molar-refractivity contribution in [2.75, 3.05) is 25.0 Å². The molecule has 1 aliphatic heterocycles. The molecule has 0 unspecified atom stereocenters. The number of carbonyl (C=O) groups excluding carboxylic acids is 2. The third-order valence-corrected chi connectivity index (χ3v) is 4.33. The van der Waals surface area contributed by atoms with Crippen LogP contribution in [0.5, 0.6) is 0 Å². The minimum Gasteiger partial charge on any atom is -0.328 e. The van der Waals surface area contributed by atoms with Gasteiger partial charge in [-0.3, -0.25) is 14.6 Å². The van der Waals surface area contributed by atoms with E-state index in [0.717, 1.165) is 5.56 Å². The Labute approximate surface area is 151 Å². The van der Waals surface area contributed by atoms with Crippen LogP contribution >= 0.6 is 0 Å². The molecule has 0 radical (unpaired) electrons. The van der Waals surface area contributed by atoms with Gasteiger partial charge < -0.3 is 15.5 Å². The zero-order chi connectivity index (χ0) is 18.4. The van der Waals surface area contributed by atoms with Crippen LogP contribution in [-0.4, -0.2) is 47.4 Å². The number of halogens is 1. The second-order valence-electron chi connectivity index (χ2n) is 6.16. The highest BCUT2D eigenvalue weighted by atomic mass is 19.1. The van der Waals surface area contributed by atoms with Gasteiger partial charge in [0, 0.05) is 44.1 Å². The topological polar surface area (TPSA) is 74.3 Å². The number of hydrogen-bond acceptors (Lipinski definition) is 4. The van der Waals surface area contributed by atoms with Crippen LogP contribution in [0.1, 0.15) is 12.0 Å². The number of hydrogen-bond donors (Lipinski definition) is 2. The first kappa shape index (κ1) is 18.0. The fraction of sp³-hybridized carbons (Fsp3) is 0.316. The van der Waals surface area contributed by atoms with Crippen LogP contribution in [0.3, 0.4) is 0 Å². The normalized spacial score (nSPS) is 17.0. The van der Waals surface area contributed by atoms with Crippen molar-refractivity contribution in [2.24, 2.45) is 0 Å². The third-order valence-electron chi connectivity index (χ3n) is 4.33. The van der Waals surface area contributed by atoms with E-state index in [1.54, 1.807) is 17.3 Å². The smallest absolute Gasteiger partial charge is 0.248 e. The molecule has 0 spiro atoms. The summed E-state index contributed by atoms with van der Waals surface area (Å²) in [7, 11) is 0. The zero-order valence-corrected chi connectivity index (χ0v) is 14.3. The SMILES string of the molecule is O=C(Nc1ccc(F)cc1)[C@H]1CNCCN1C(=O)CCc1cccnc1. The number of carbonyl (C=O) groups is 2.